The molecule has 2 atom stereocenters. The van der Waals surface area contributed by atoms with Crippen LogP contribution < -0.4 is 5.73 Å². The molecular weight excluding hydrogens is 238 g/mol. The van der Waals surface area contributed by atoms with E-state index in [0.29, 0.717) is 24.5 Å². The molecule has 4 heteroatoms. The Kier molecular flexibility index (Phi) is 5.22. The molecule has 0 aromatic heterocycles. The Balaban J connectivity index is 2.10. The molecule has 1 aliphatic carbocycles. The van der Waals surface area contributed by atoms with E-state index in [-0.39, 0.29) is 6.04 Å². The summed E-state index contributed by atoms with van der Waals surface area (Å²) >= 11 is 0. The highest BCUT2D eigenvalue weighted by atomic mass is 16.2. The van der Waals surface area contributed by atoms with Crippen LogP contribution in [0.2, 0.25) is 0 Å². The number of hydrogen-bond donors (Lipinski definition) is 1. The topological polar surface area (TPSA) is 49.6 Å². The van der Waals surface area contributed by atoms with Gasteiger partial charge in [0.2, 0.25) is 5.91 Å². The van der Waals surface area contributed by atoms with Crippen LogP contribution in [0.5, 0.6) is 0 Å². The van der Waals surface area contributed by atoms with Crippen molar-refractivity contribution in [3.8, 4) is 0 Å². The summed E-state index contributed by atoms with van der Waals surface area (Å²) in [6.45, 7) is 3.76. The lowest BCUT2D eigenvalue weighted by molar-refractivity contribution is -0.148. The normalized spacial score (nSPS) is 31.5. The smallest absolute Gasteiger partial charge is 0.240 e. The van der Waals surface area contributed by atoms with Gasteiger partial charge < -0.3 is 10.6 Å². The van der Waals surface area contributed by atoms with Gasteiger partial charge in [-0.05, 0) is 39.8 Å². The van der Waals surface area contributed by atoms with Gasteiger partial charge in [-0.1, -0.05) is 25.7 Å². The van der Waals surface area contributed by atoms with E-state index in [4.69, 9.17) is 5.73 Å². The SMILES string of the molecule is CC1CN(C)C(CCN)C(=O)N1C1CCCCCC1. The molecule has 2 unspecified atom stereocenters. The van der Waals surface area contributed by atoms with Crippen molar-refractivity contribution in [1.82, 2.24) is 9.80 Å². The van der Waals surface area contributed by atoms with E-state index in [2.05, 4.69) is 23.8 Å². The maximum atomic E-state index is 12.8. The first-order valence-electron chi connectivity index (χ1n) is 7.87. The van der Waals surface area contributed by atoms with E-state index < -0.39 is 0 Å². The van der Waals surface area contributed by atoms with E-state index in [0.717, 1.165) is 13.0 Å². The number of hydrogen-bond acceptors (Lipinski definition) is 3. The van der Waals surface area contributed by atoms with Gasteiger partial charge in [0.1, 0.15) is 0 Å². The van der Waals surface area contributed by atoms with Crippen LogP contribution in [-0.4, -0.2) is 54.0 Å². The largest absolute Gasteiger partial charge is 0.334 e. The Morgan fingerprint density at radius 3 is 2.42 bits per heavy atom. The molecule has 0 radical (unpaired) electrons. The van der Waals surface area contributed by atoms with Gasteiger partial charge in [0.05, 0.1) is 6.04 Å². The molecule has 1 amide bonds. The van der Waals surface area contributed by atoms with Crippen molar-refractivity contribution in [2.24, 2.45) is 5.73 Å². The van der Waals surface area contributed by atoms with E-state index in [1.54, 1.807) is 0 Å². The predicted octanol–water partition coefficient (Wildman–Crippen LogP) is 1.59. The van der Waals surface area contributed by atoms with Crippen LogP contribution in [0.15, 0.2) is 0 Å². The van der Waals surface area contributed by atoms with Gasteiger partial charge in [-0.3, -0.25) is 9.69 Å². The molecule has 2 fully saturated rings. The molecule has 4 nitrogen and oxygen atoms in total. The van der Waals surface area contributed by atoms with E-state index in [1.807, 2.05) is 0 Å². The highest BCUT2D eigenvalue weighted by Gasteiger charge is 2.39. The number of likely N-dealkylation sites (N-methyl/N-ethyl adjacent to an activating group) is 1. The monoisotopic (exact) mass is 267 g/mol. The highest BCUT2D eigenvalue weighted by molar-refractivity contribution is 5.83. The second-order valence-corrected chi connectivity index (χ2v) is 6.27. The van der Waals surface area contributed by atoms with Crippen LogP contribution in [-0.2, 0) is 4.79 Å². The molecule has 0 aromatic carbocycles. The van der Waals surface area contributed by atoms with E-state index >= 15 is 0 Å². The maximum absolute atomic E-state index is 12.8. The Hall–Kier alpha value is -0.610. The van der Waals surface area contributed by atoms with Crippen molar-refractivity contribution in [3.05, 3.63) is 0 Å². The van der Waals surface area contributed by atoms with E-state index in [1.165, 1.54) is 38.5 Å². The van der Waals surface area contributed by atoms with Crippen LogP contribution in [0.1, 0.15) is 51.9 Å². The molecule has 2 aliphatic rings. The lowest BCUT2D eigenvalue weighted by Gasteiger charge is -2.46. The quantitative estimate of drug-likeness (QED) is 0.790. The van der Waals surface area contributed by atoms with Gasteiger partial charge in [0.25, 0.3) is 0 Å². The third kappa shape index (κ3) is 3.29. The second kappa shape index (κ2) is 6.71. The third-order valence-electron chi connectivity index (χ3n) is 4.76. The fourth-order valence-corrected chi connectivity index (χ4v) is 3.79. The summed E-state index contributed by atoms with van der Waals surface area (Å²) in [7, 11) is 2.05. The molecule has 2 N–H and O–H groups in total. The molecule has 0 spiro atoms. The molecular formula is C15H29N3O. The van der Waals surface area contributed by atoms with Crippen LogP contribution in [0.3, 0.4) is 0 Å². The molecule has 1 heterocycles. The standard InChI is InChI=1S/C15H29N3O/c1-12-11-17(2)14(9-10-16)15(19)18(12)13-7-5-3-4-6-8-13/h12-14H,3-11,16H2,1-2H3. The fourth-order valence-electron chi connectivity index (χ4n) is 3.79. The molecule has 0 bridgehead atoms. The number of nitrogens with zero attached hydrogens (tertiary/aromatic N) is 2. The maximum Gasteiger partial charge on any atom is 0.240 e. The number of carbonyl (C=O) groups excluding carboxylic acids is 1. The number of nitrogens with two attached hydrogens (primary N) is 1. The molecule has 19 heavy (non-hydrogen) atoms. The van der Waals surface area contributed by atoms with Gasteiger partial charge >= 0.3 is 0 Å². The van der Waals surface area contributed by atoms with Crippen LogP contribution in [0.4, 0.5) is 0 Å². The molecule has 1 saturated carbocycles. The van der Waals surface area contributed by atoms with Crippen molar-refractivity contribution in [3.63, 3.8) is 0 Å². The van der Waals surface area contributed by atoms with Crippen molar-refractivity contribution in [1.29, 1.82) is 0 Å². The summed E-state index contributed by atoms with van der Waals surface area (Å²) < 4.78 is 0. The predicted molar refractivity (Wildman–Crippen MR) is 77.9 cm³/mol. The zero-order valence-corrected chi connectivity index (χ0v) is 12.5. The Morgan fingerprint density at radius 2 is 1.84 bits per heavy atom. The summed E-state index contributed by atoms with van der Waals surface area (Å²) in [5, 5.41) is 0. The Labute approximate surface area is 117 Å². The average molecular weight is 267 g/mol. The van der Waals surface area contributed by atoms with Crippen LogP contribution in [0.25, 0.3) is 0 Å². The lowest BCUT2D eigenvalue weighted by Crippen LogP contribution is -2.62. The van der Waals surface area contributed by atoms with Crippen LogP contribution in [0, 0.1) is 0 Å². The van der Waals surface area contributed by atoms with Crippen molar-refractivity contribution >= 4 is 5.91 Å². The number of piperazine rings is 1. The van der Waals surface area contributed by atoms with Crippen molar-refractivity contribution in [2.45, 2.75) is 70.0 Å². The number of amides is 1. The Bertz CT molecular complexity index is 300. The minimum Gasteiger partial charge on any atom is -0.334 e. The molecule has 0 aromatic rings. The summed E-state index contributed by atoms with van der Waals surface area (Å²) in [6, 6.07) is 0.818. The molecule has 2 rings (SSSR count). The van der Waals surface area contributed by atoms with Gasteiger partial charge in [-0.2, -0.15) is 0 Å². The van der Waals surface area contributed by atoms with Gasteiger partial charge in [-0.15, -0.1) is 0 Å². The molecule has 1 aliphatic heterocycles. The number of rotatable bonds is 3. The first-order valence-corrected chi connectivity index (χ1v) is 7.87. The Morgan fingerprint density at radius 1 is 1.21 bits per heavy atom. The lowest BCUT2D eigenvalue weighted by atomic mass is 9.98. The first kappa shape index (κ1) is 14.8. The van der Waals surface area contributed by atoms with Gasteiger partial charge in [0, 0.05) is 18.6 Å². The van der Waals surface area contributed by atoms with E-state index in [9.17, 15) is 4.79 Å². The summed E-state index contributed by atoms with van der Waals surface area (Å²) in [6.07, 6.45) is 8.38. The number of carbonyl (C=O) groups is 1. The van der Waals surface area contributed by atoms with Gasteiger partial charge in [0.15, 0.2) is 0 Å². The third-order valence-corrected chi connectivity index (χ3v) is 4.76. The minimum absolute atomic E-state index is 0.00412. The molecule has 1 saturated heterocycles. The van der Waals surface area contributed by atoms with Crippen molar-refractivity contribution in [2.75, 3.05) is 20.1 Å². The van der Waals surface area contributed by atoms with Crippen molar-refractivity contribution < 1.29 is 4.79 Å². The fraction of sp³-hybridized carbons (Fsp3) is 0.933. The average Bonchev–Trinajstić information content (AvgIpc) is 2.63. The zero-order chi connectivity index (χ0) is 13.8. The summed E-state index contributed by atoms with van der Waals surface area (Å²) in [5.74, 6) is 0.318. The minimum atomic E-state index is 0.00412. The summed E-state index contributed by atoms with van der Waals surface area (Å²) in [5.41, 5.74) is 5.67. The molecule has 110 valence electrons. The van der Waals surface area contributed by atoms with Gasteiger partial charge in [-0.25, -0.2) is 0 Å². The first-order chi connectivity index (χ1) is 9.15. The summed E-state index contributed by atoms with van der Waals surface area (Å²) in [4.78, 5) is 17.2. The second-order valence-electron chi connectivity index (χ2n) is 6.27. The van der Waals surface area contributed by atoms with Crippen LogP contribution >= 0.6 is 0 Å². The zero-order valence-electron chi connectivity index (χ0n) is 12.5. The highest BCUT2D eigenvalue weighted by Crippen LogP contribution is 2.27.